The van der Waals surface area contributed by atoms with Crippen molar-refractivity contribution in [3.63, 3.8) is 0 Å². The van der Waals surface area contributed by atoms with Gasteiger partial charge in [0.25, 0.3) is 0 Å². The molecular weight excluding hydrogens is 262 g/mol. The molecule has 0 aromatic rings. The van der Waals surface area contributed by atoms with Crippen LogP contribution in [0.25, 0.3) is 0 Å². The number of rotatable bonds is 5. The van der Waals surface area contributed by atoms with Crippen molar-refractivity contribution in [3.05, 3.63) is 0 Å². The first kappa shape index (κ1) is 18.2. The summed E-state index contributed by atoms with van der Waals surface area (Å²) in [5.41, 5.74) is -0.633. The predicted octanol–water partition coefficient (Wildman–Crippen LogP) is 0.183. The molecule has 0 bridgehead atoms. The summed E-state index contributed by atoms with van der Waals surface area (Å²) in [6.45, 7) is 10.0. The maximum Gasteiger partial charge on any atom is 0.408 e. The molecule has 20 heavy (non-hydrogen) atoms. The van der Waals surface area contributed by atoms with Crippen molar-refractivity contribution in [2.45, 2.75) is 59.2 Å². The van der Waals surface area contributed by atoms with Crippen LogP contribution < -0.4 is 15.7 Å². The van der Waals surface area contributed by atoms with E-state index >= 15 is 0 Å². The zero-order chi connectivity index (χ0) is 15.9. The van der Waals surface area contributed by atoms with Crippen LogP contribution in [-0.4, -0.2) is 42.1 Å². The molecule has 0 heterocycles. The molecule has 116 valence electrons. The third-order valence-electron chi connectivity index (χ3n) is 1.94. The fourth-order valence-corrected chi connectivity index (χ4v) is 1.20. The summed E-state index contributed by atoms with van der Waals surface area (Å²) < 4.78 is 5.02. The largest absolute Gasteiger partial charge is 0.861 e. The Morgan fingerprint density at radius 2 is 1.80 bits per heavy atom. The van der Waals surface area contributed by atoms with Crippen LogP contribution in [0.2, 0.25) is 0 Å². The molecule has 0 aliphatic carbocycles. The summed E-state index contributed by atoms with van der Waals surface area (Å²) in [7, 11) is 0. The second kappa shape index (κ2) is 7.72. The lowest BCUT2D eigenvalue weighted by Crippen LogP contribution is -2.48. The molecule has 7 heteroatoms. The van der Waals surface area contributed by atoms with Gasteiger partial charge in [0, 0.05) is 12.6 Å². The minimum absolute atomic E-state index is 0.114. The summed E-state index contributed by atoms with van der Waals surface area (Å²) in [6.07, 6.45) is -0.682. The molecule has 2 amide bonds. The highest BCUT2D eigenvalue weighted by Gasteiger charge is 2.20. The van der Waals surface area contributed by atoms with Gasteiger partial charge < -0.3 is 25.5 Å². The summed E-state index contributed by atoms with van der Waals surface area (Å²) in [4.78, 5) is 26.9. The van der Waals surface area contributed by atoms with Crippen LogP contribution in [-0.2, 0) is 9.53 Å². The van der Waals surface area contributed by atoms with E-state index in [4.69, 9.17) is 4.74 Å². The Bertz CT molecular complexity index is 372. The van der Waals surface area contributed by atoms with E-state index in [0.717, 1.165) is 0 Å². The molecule has 0 saturated heterocycles. The third kappa shape index (κ3) is 9.18. The normalized spacial score (nSPS) is 13.8. The molecule has 1 atom stereocenters. The second-order valence-corrected chi connectivity index (χ2v) is 5.70. The van der Waals surface area contributed by atoms with Gasteiger partial charge in [-0.05, 0) is 47.4 Å². The lowest BCUT2D eigenvalue weighted by Gasteiger charge is -2.22. The number of nitrogens with one attached hydrogen (secondary N) is 2. The maximum atomic E-state index is 11.7. The Morgan fingerprint density at radius 3 is 2.25 bits per heavy atom. The molecule has 0 aliphatic rings. The Balaban J connectivity index is 4.20. The van der Waals surface area contributed by atoms with E-state index in [2.05, 4.69) is 15.6 Å². The Labute approximate surface area is 119 Å². The van der Waals surface area contributed by atoms with E-state index in [1.54, 1.807) is 34.6 Å². The molecule has 7 nitrogen and oxygen atoms in total. The van der Waals surface area contributed by atoms with Crippen molar-refractivity contribution in [2.75, 3.05) is 6.54 Å². The van der Waals surface area contributed by atoms with Crippen molar-refractivity contribution >= 4 is 17.9 Å². The van der Waals surface area contributed by atoms with Crippen molar-refractivity contribution in [1.29, 1.82) is 0 Å². The van der Waals surface area contributed by atoms with E-state index in [1.807, 2.05) is 0 Å². The van der Waals surface area contributed by atoms with Crippen LogP contribution >= 0.6 is 0 Å². The first-order chi connectivity index (χ1) is 9.01. The Kier molecular flexibility index (Phi) is 7.02. The van der Waals surface area contributed by atoms with Crippen LogP contribution in [0.5, 0.6) is 0 Å². The zero-order valence-electron chi connectivity index (χ0n) is 12.9. The highest BCUT2D eigenvalue weighted by atomic mass is 16.6. The number of alkyl carbamates (subject to hydrolysis) is 1. The third-order valence-corrected chi connectivity index (χ3v) is 1.94. The minimum atomic E-state index is -0.795. The van der Waals surface area contributed by atoms with Crippen LogP contribution in [0, 0.1) is 0 Å². The molecule has 0 aromatic heterocycles. The highest BCUT2D eigenvalue weighted by Crippen LogP contribution is 2.06. The monoisotopic (exact) mass is 286 g/mol. The Morgan fingerprint density at radius 1 is 1.25 bits per heavy atom. The van der Waals surface area contributed by atoms with Gasteiger partial charge in [0.2, 0.25) is 5.91 Å². The van der Waals surface area contributed by atoms with Gasteiger partial charge in [-0.1, -0.05) is 0 Å². The van der Waals surface area contributed by atoms with Crippen molar-refractivity contribution in [2.24, 2.45) is 4.99 Å². The van der Waals surface area contributed by atoms with Gasteiger partial charge in [0.1, 0.15) is 11.6 Å². The molecule has 1 unspecified atom stereocenters. The van der Waals surface area contributed by atoms with Gasteiger partial charge in [0.15, 0.2) is 0 Å². The van der Waals surface area contributed by atoms with Crippen LogP contribution in [0.15, 0.2) is 4.99 Å². The van der Waals surface area contributed by atoms with Gasteiger partial charge in [-0.2, -0.15) is 0 Å². The first-order valence-electron chi connectivity index (χ1n) is 6.52. The number of carbonyl (C=O) groups excluding carboxylic acids is 2. The van der Waals surface area contributed by atoms with Crippen LogP contribution in [0.4, 0.5) is 4.79 Å². The van der Waals surface area contributed by atoms with Gasteiger partial charge in [-0.15, -0.1) is 0 Å². The standard InChI is InChI=1S/C13H25N3O4/c1-8(2)15-10(17)7-14-11(18)9(3)16-12(19)20-13(4,5)6/h8-9H,7H2,1-6H3,(H,14,18)(H,15,17)(H,16,19)/p-1. The lowest BCUT2D eigenvalue weighted by atomic mass is 10.2. The van der Waals surface area contributed by atoms with Crippen molar-refractivity contribution in [1.82, 2.24) is 10.6 Å². The molecule has 0 aromatic carbocycles. The predicted molar refractivity (Wildman–Crippen MR) is 74.4 cm³/mol. The number of ether oxygens (including phenoxy) is 1. The molecule has 0 saturated carbocycles. The molecule has 0 fully saturated rings. The maximum absolute atomic E-state index is 11.7. The fourth-order valence-electron chi connectivity index (χ4n) is 1.20. The topological polar surface area (TPSA) is 103 Å². The SMILES string of the molecule is CC(C)N=C([O-])CNC(=O)C(C)NC(=O)OC(C)(C)C. The molecule has 0 aliphatic heterocycles. The zero-order valence-corrected chi connectivity index (χ0v) is 12.9. The average molecular weight is 286 g/mol. The second-order valence-electron chi connectivity index (χ2n) is 5.70. The summed E-state index contributed by atoms with van der Waals surface area (Å²) in [6, 6.07) is -0.909. The Hall–Kier alpha value is -1.79. The average Bonchev–Trinajstić information content (AvgIpc) is 2.21. The quantitative estimate of drug-likeness (QED) is 0.556. The summed E-state index contributed by atoms with van der Waals surface area (Å²) in [5, 5.41) is 16.1. The molecule has 2 N–H and O–H groups in total. The lowest BCUT2D eigenvalue weighted by molar-refractivity contribution is -0.218. The summed E-state index contributed by atoms with van der Waals surface area (Å²) in [5.74, 6) is -0.874. The van der Waals surface area contributed by atoms with E-state index < -0.39 is 29.5 Å². The molecular formula is C13H24N3O4-. The number of aliphatic imine (C=N–C) groups is 1. The molecule has 0 rings (SSSR count). The van der Waals surface area contributed by atoms with Crippen LogP contribution in [0.3, 0.4) is 0 Å². The number of hydrogen-bond donors (Lipinski definition) is 2. The van der Waals surface area contributed by atoms with Gasteiger partial charge >= 0.3 is 6.09 Å². The minimum Gasteiger partial charge on any atom is -0.861 e. The van der Waals surface area contributed by atoms with E-state index in [9.17, 15) is 14.7 Å². The molecule has 0 radical (unpaired) electrons. The van der Waals surface area contributed by atoms with Crippen LogP contribution in [0.1, 0.15) is 41.5 Å². The number of carbonyl (C=O) groups is 2. The van der Waals surface area contributed by atoms with E-state index in [0.29, 0.717) is 0 Å². The number of nitrogens with zero attached hydrogens (tertiary/aromatic N) is 1. The summed E-state index contributed by atoms with van der Waals surface area (Å²) >= 11 is 0. The van der Waals surface area contributed by atoms with E-state index in [-0.39, 0.29) is 12.6 Å². The number of amides is 2. The highest BCUT2D eigenvalue weighted by molar-refractivity contribution is 5.88. The van der Waals surface area contributed by atoms with Crippen molar-refractivity contribution in [3.8, 4) is 0 Å². The van der Waals surface area contributed by atoms with Crippen molar-refractivity contribution < 1.29 is 19.4 Å². The van der Waals surface area contributed by atoms with Gasteiger partial charge in [-0.25, -0.2) is 4.79 Å². The van der Waals surface area contributed by atoms with E-state index in [1.165, 1.54) is 6.92 Å². The molecule has 0 spiro atoms. The first-order valence-corrected chi connectivity index (χ1v) is 6.52. The van der Waals surface area contributed by atoms with Gasteiger partial charge in [-0.3, -0.25) is 4.79 Å². The smallest absolute Gasteiger partial charge is 0.408 e. The fraction of sp³-hybridized carbons (Fsp3) is 0.769. The number of hydrogen-bond acceptors (Lipinski definition) is 5. The van der Waals surface area contributed by atoms with Gasteiger partial charge in [0.05, 0.1) is 0 Å².